The van der Waals surface area contributed by atoms with Gasteiger partial charge in [-0.25, -0.2) is 19.2 Å². The normalized spacial score (nSPS) is 11.3. The van der Waals surface area contributed by atoms with Gasteiger partial charge < -0.3 is 14.8 Å². The smallest absolute Gasteiger partial charge is 0.417 e. The summed E-state index contributed by atoms with van der Waals surface area (Å²) in [6.45, 7) is 12.3. The number of aryl methyl sites for hydroxylation is 1. The molecule has 0 atom stereocenters. The van der Waals surface area contributed by atoms with Gasteiger partial charge >= 0.3 is 18.1 Å². The number of nitrogens with zero attached hydrogens (tertiary/aromatic N) is 2. The van der Waals surface area contributed by atoms with Crippen LogP contribution in [-0.2, 0) is 26.9 Å². The van der Waals surface area contributed by atoms with Gasteiger partial charge in [0.15, 0.2) is 5.82 Å². The lowest BCUT2D eigenvalue weighted by Gasteiger charge is -2.19. The van der Waals surface area contributed by atoms with E-state index in [4.69, 9.17) is 9.47 Å². The van der Waals surface area contributed by atoms with Gasteiger partial charge in [0, 0.05) is 5.69 Å². The molecule has 2 aromatic carbocycles. The molecule has 0 unspecified atom stereocenters. The molecule has 3 aromatic rings. The van der Waals surface area contributed by atoms with E-state index >= 15 is 0 Å². The molecule has 0 saturated carbocycles. The number of ether oxygens (including phenoxy) is 2. The van der Waals surface area contributed by atoms with Crippen molar-refractivity contribution in [2.75, 3.05) is 11.9 Å². The zero-order valence-electron chi connectivity index (χ0n) is 23.5. The molecule has 11 heteroatoms. The molecule has 0 spiro atoms. The highest BCUT2D eigenvalue weighted by Gasteiger charge is 2.36. The minimum absolute atomic E-state index is 0.00567. The molecule has 216 valence electrons. The third kappa shape index (κ3) is 8.49. The van der Waals surface area contributed by atoms with Crippen molar-refractivity contribution in [3.05, 3.63) is 70.7 Å². The summed E-state index contributed by atoms with van der Waals surface area (Å²) in [5.41, 5.74) is -1.79. The minimum atomic E-state index is -4.87. The van der Waals surface area contributed by atoms with Crippen molar-refractivity contribution in [1.29, 1.82) is 0 Å². The molecule has 0 fully saturated rings. The van der Waals surface area contributed by atoms with Gasteiger partial charge in [-0.3, -0.25) is 4.79 Å². The molecule has 0 aliphatic carbocycles. The van der Waals surface area contributed by atoms with Gasteiger partial charge in [-0.1, -0.05) is 32.0 Å². The standard InChI is InChI=1S/C27H27F4N3O4.C2H6/c1-6-37-25(36)21-15(2)32-24(22-18(27(29,30)31)8-7-9-19(22)28)34-23(21)33-17-12-10-16(11-13-17)14-20(35)38-26(3,4)5;1-2/h7-13H,6,14H2,1-5H3,(H,32,33,34);1-2H3. The van der Waals surface area contributed by atoms with Gasteiger partial charge in [-0.2, -0.15) is 13.2 Å². The molecule has 0 aliphatic heterocycles. The Bertz CT molecular complexity index is 1330. The number of alkyl halides is 3. The number of nitrogens with one attached hydrogen (secondary N) is 1. The molecular formula is C29H33F4N3O4. The van der Waals surface area contributed by atoms with E-state index in [1.165, 1.54) is 6.92 Å². The van der Waals surface area contributed by atoms with Crippen molar-refractivity contribution in [2.24, 2.45) is 0 Å². The Morgan fingerprint density at radius 3 is 2.15 bits per heavy atom. The predicted molar refractivity (Wildman–Crippen MR) is 144 cm³/mol. The topological polar surface area (TPSA) is 90.4 Å². The summed E-state index contributed by atoms with van der Waals surface area (Å²) >= 11 is 0. The first-order valence-corrected chi connectivity index (χ1v) is 12.7. The maximum atomic E-state index is 14.7. The third-order valence-corrected chi connectivity index (χ3v) is 5.10. The van der Waals surface area contributed by atoms with Crippen LogP contribution in [-0.4, -0.2) is 34.1 Å². The SMILES string of the molecule is CC.CCOC(=O)c1c(C)nc(-c2c(F)cccc2C(F)(F)F)nc1Nc1ccc(CC(=O)OC(C)(C)C)cc1. The van der Waals surface area contributed by atoms with Crippen LogP contribution in [0.15, 0.2) is 42.5 Å². The third-order valence-electron chi connectivity index (χ3n) is 5.10. The first-order valence-electron chi connectivity index (χ1n) is 12.7. The van der Waals surface area contributed by atoms with Crippen LogP contribution in [0.1, 0.15) is 68.7 Å². The maximum Gasteiger partial charge on any atom is 0.417 e. The van der Waals surface area contributed by atoms with Crippen molar-refractivity contribution < 1.29 is 36.6 Å². The average molecular weight is 564 g/mol. The molecule has 1 aromatic heterocycles. The largest absolute Gasteiger partial charge is 0.462 e. The highest BCUT2D eigenvalue weighted by atomic mass is 19.4. The van der Waals surface area contributed by atoms with E-state index in [9.17, 15) is 27.2 Å². The van der Waals surface area contributed by atoms with Gasteiger partial charge in [-0.05, 0) is 64.4 Å². The number of carbonyl (C=O) groups excluding carboxylic acids is 2. The number of anilines is 2. The summed E-state index contributed by atoms with van der Waals surface area (Å²) in [6, 6.07) is 9.02. The van der Waals surface area contributed by atoms with Crippen LogP contribution >= 0.6 is 0 Å². The highest BCUT2D eigenvalue weighted by molar-refractivity contribution is 5.97. The molecule has 1 heterocycles. The van der Waals surface area contributed by atoms with E-state index in [0.29, 0.717) is 11.3 Å². The van der Waals surface area contributed by atoms with Crippen LogP contribution in [0.25, 0.3) is 11.4 Å². The second-order valence-corrected chi connectivity index (χ2v) is 9.32. The van der Waals surface area contributed by atoms with Crippen LogP contribution in [0.5, 0.6) is 0 Å². The van der Waals surface area contributed by atoms with E-state index in [-0.39, 0.29) is 30.1 Å². The zero-order valence-corrected chi connectivity index (χ0v) is 23.5. The number of hydrogen-bond acceptors (Lipinski definition) is 7. The van der Waals surface area contributed by atoms with Crippen molar-refractivity contribution in [3.63, 3.8) is 0 Å². The quantitative estimate of drug-likeness (QED) is 0.236. The fourth-order valence-corrected chi connectivity index (χ4v) is 3.60. The number of benzene rings is 2. The number of halogens is 4. The lowest BCUT2D eigenvalue weighted by Crippen LogP contribution is -2.24. The van der Waals surface area contributed by atoms with Crippen LogP contribution in [0, 0.1) is 12.7 Å². The van der Waals surface area contributed by atoms with Crippen LogP contribution in [0.2, 0.25) is 0 Å². The summed E-state index contributed by atoms with van der Waals surface area (Å²) in [6.07, 6.45) is -4.85. The minimum Gasteiger partial charge on any atom is -0.462 e. The Labute approximate surface area is 230 Å². The Morgan fingerprint density at radius 2 is 1.60 bits per heavy atom. The lowest BCUT2D eigenvalue weighted by atomic mass is 10.0. The number of rotatable bonds is 7. The monoisotopic (exact) mass is 563 g/mol. The Balaban J connectivity index is 0.00000274. The van der Waals surface area contributed by atoms with Gasteiger partial charge in [0.2, 0.25) is 0 Å². The van der Waals surface area contributed by atoms with Crippen LogP contribution in [0.4, 0.5) is 29.1 Å². The molecule has 7 nitrogen and oxygen atoms in total. The molecule has 40 heavy (non-hydrogen) atoms. The van der Waals surface area contributed by atoms with Gasteiger partial charge in [0.25, 0.3) is 0 Å². The van der Waals surface area contributed by atoms with Gasteiger partial charge in [0.05, 0.1) is 29.8 Å². The molecule has 3 rings (SSSR count). The zero-order chi connectivity index (χ0) is 30.3. The van der Waals surface area contributed by atoms with E-state index in [1.807, 2.05) is 13.8 Å². The summed E-state index contributed by atoms with van der Waals surface area (Å²) in [7, 11) is 0. The maximum absolute atomic E-state index is 14.7. The Morgan fingerprint density at radius 1 is 0.975 bits per heavy atom. The van der Waals surface area contributed by atoms with Crippen molar-refractivity contribution in [3.8, 4) is 11.4 Å². The highest BCUT2D eigenvalue weighted by Crippen LogP contribution is 2.38. The predicted octanol–water partition coefficient (Wildman–Crippen LogP) is 7.44. The summed E-state index contributed by atoms with van der Waals surface area (Å²) in [5.74, 6) is -3.10. The van der Waals surface area contributed by atoms with E-state index in [2.05, 4.69) is 15.3 Å². The number of hydrogen-bond donors (Lipinski definition) is 1. The van der Waals surface area contributed by atoms with Crippen LogP contribution < -0.4 is 5.32 Å². The molecule has 0 saturated heterocycles. The Kier molecular flexibility index (Phi) is 10.8. The second-order valence-electron chi connectivity index (χ2n) is 9.32. The first-order chi connectivity index (χ1) is 18.7. The van der Waals surface area contributed by atoms with Crippen molar-refractivity contribution >= 4 is 23.4 Å². The molecule has 0 aliphatic rings. The molecule has 0 amide bonds. The summed E-state index contributed by atoms with van der Waals surface area (Å²) in [5, 5.41) is 2.89. The molecular weight excluding hydrogens is 530 g/mol. The van der Waals surface area contributed by atoms with E-state index < -0.39 is 46.5 Å². The lowest BCUT2D eigenvalue weighted by molar-refractivity contribution is -0.153. The van der Waals surface area contributed by atoms with E-state index in [1.54, 1.807) is 52.0 Å². The Hall–Kier alpha value is -4.02. The summed E-state index contributed by atoms with van der Waals surface area (Å²) in [4.78, 5) is 32.9. The number of aromatic nitrogens is 2. The first kappa shape index (κ1) is 32.2. The fourth-order valence-electron chi connectivity index (χ4n) is 3.60. The summed E-state index contributed by atoms with van der Waals surface area (Å²) < 4.78 is 66.0. The number of esters is 2. The second kappa shape index (κ2) is 13.4. The van der Waals surface area contributed by atoms with E-state index in [0.717, 1.165) is 18.2 Å². The molecule has 0 radical (unpaired) electrons. The van der Waals surface area contributed by atoms with Gasteiger partial charge in [0.1, 0.15) is 22.8 Å². The molecule has 0 bridgehead atoms. The van der Waals surface area contributed by atoms with Crippen molar-refractivity contribution in [1.82, 2.24) is 9.97 Å². The molecule has 1 N–H and O–H groups in total. The van der Waals surface area contributed by atoms with Crippen molar-refractivity contribution in [2.45, 2.75) is 66.7 Å². The number of carbonyl (C=O) groups is 2. The average Bonchev–Trinajstić information content (AvgIpc) is 2.84. The van der Waals surface area contributed by atoms with Crippen LogP contribution in [0.3, 0.4) is 0 Å². The van der Waals surface area contributed by atoms with Gasteiger partial charge in [-0.15, -0.1) is 0 Å². The fraction of sp³-hybridized carbons (Fsp3) is 0.379.